The van der Waals surface area contributed by atoms with Crippen LogP contribution in [-0.2, 0) is 0 Å². The molecule has 0 radical (unpaired) electrons. The molecule has 0 saturated carbocycles. The Labute approximate surface area is 160 Å². The summed E-state index contributed by atoms with van der Waals surface area (Å²) >= 11 is 12.2. The number of carbonyl (C=O) groups excluding carboxylic acids is 2. The molecule has 1 aliphatic rings. The summed E-state index contributed by atoms with van der Waals surface area (Å²) in [6, 6.07) is 7.78. The highest BCUT2D eigenvalue weighted by Gasteiger charge is 2.20. The minimum atomic E-state index is -0.394. The van der Waals surface area contributed by atoms with Gasteiger partial charge in [0.1, 0.15) is 13.2 Å². The molecule has 0 atom stereocenters. The molecule has 0 aromatic heterocycles. The average molecular weight is 395 g/mol. The number of hydrogen-bond donors (Lipinski definition) is 1. The van der Waals surface area contributed by atoms with E-state index < -0.39 is 5.91 Å². The lowest BCUT2D eigenvalue weighted by molar-refractivity contribution is 0.0827. The van der Waals surface area contributed by atoms with Gasteiger partial charge in [-0.15, -0.1) is 0 Å². The van der Waals surface area contributed by atoms with E-state index in [-0.39, 0.29) is 5.91 Å². The van der Waals surface area contributed by atoms with Gasteiger partial charge in [-0.2, -0.15) is 0 Å². The van der Waals surface area contributed by atoms with Crippen molar-refractivity contribution in [3.63, 3.8) is 0 Å². The van der Waals surface area contributed by atoms with Gasteiger partial charge in [-0.1, -0.05) is 23.2 Å². The van der Waals surface area contributed by atoms with Crippen molar-refractivity contribution in [3.05, 3.63) is 51.5 Å². The zero-order valence-electron chi connectivity index (χ0n) is 14.1. The number of carbonyl (C=O) groups is 2. The topological polar surface area (TPSA) is 67.9 Å². The number of rotatable bonds is 3. The molecular formula is C18H16Cl2N2O4. The molecule has 1 heterocycles. The lowest BCUT2D eigenvalue weighted by Gasteiger charge is -2.20. The molecule has 0 aliphatic carbocycles. The zero-order valence-corrected chi connectivity index (χ0v) is 15.6. The highest BCUT2D eigenvalue weighted by Crippen LogP contribution is 2.38. The van der Waals surface area contributed by atoms with Crippen LogP contribution < -0.4 is 14.8 Å². The van der Waals surface area contributed by atoms with Gasteiger partial charge in [-0.05, 0) is 30.3 Å². The summed E-state index contributed by atoms with van der Waals surface area (Å²) in [6.45, 7) is 0.799. The molecule has 26 heavy (non-hydrogen) atoms. The first kappa shape index (κ1) is 18.4. The second kappa shape index (κ2) is 7.43. The molecule has 1 aliphatic heterocycles. The number of ether oxygens (including phenoxy) is 2. The quantitative estimate of drug-likeness (QED) is 0.860. The molecule has 1 N–H and O–H groups in total. The fraction of sp³-hybridized carbons (Fsp3) is 0.222. The molecule has 2 aromatic carbocycles. The lowest BCUT2D eigenvalue weighted by Crippen LogP contribution is -2.22. The Balaban J connectivity index is 1.86. The van der Waals surface area contributed by atoms with Crippen LogP contribution in [0.25, 0.3) is 0 Å². The SMILES string of the molecule is CN(C)C(=O)c1cc(NC(=O)c2cc(Cl)c3c(c2)OCCO3)ccc1Cl. The van der Waals surface area contributed by atoms with E-state index in [1.54, 1.807) is 32.3 Å². The highest BCUT2D eigenvalue weighted by atomic mass is 35.5. The van der Waals surface area contributed by atoms with Gasteiger partial charge in [-0.3, -0.25) is 9.59 Å². The fourth-order valence-corrected chi connectivity index (χ4v) is 2.92. The predicted molar refractivity (Wildman–Crippen MR) is 99.9 cm³/mol. The maximum Gasteiger partial charge on any atom is 0.255 e. The standard InChI is InChI=1S/C18H16Cl2N2O4/c1-22(2)18(24)12-9-11(3-4-13(12)19)21-17(23)10-7-14(20)16-15(8-10)25-5-6-26-16/h3-4,7-9H,5-6H2,1-2H3,(H,21,23). The van der Waals surface area contributed by atoms with Crippen molar-refractivity contribution in [3.8, 4) is 11.5 Å². The van der Waals surface area contributed by atoms with Crippen molar-refractivity contribution in [2.75, 3.05) is 32.6 Å². The van der Waals surface area contributed by atoms with Crippen molar-refractivity contribution in [1.82, 2.24) is 4.90 Å². The normalized spacial score (nSPS) is 12.5. The van der Waals surface area contributed by atoms with Gasteiger partial charge in [-0.25, -0.2) is 0 Å². The van der Waals surface area contributed by atoms with Crippen LogP contribution in [0.15, 0.2) is 30.3 Å². The van der Waals surface area contributed by atoms with E-state index in [0.717, 1.165) is 0 Å². The maximum absolute atomic E-state index is 12.6. The van der Waals surface area contributed by atoms with Crippen molar-refractivity contribution < 1.29 is 19.1 Å². The number of benzene rings is 2. The third-order valence-corrected chi connectivity index (χ3v) is 4.33. The van der Waals surface area contributed by atoms with Gasteiger partial charge in [0.05, 0.1) is 15.6 Å². The molecule has 0 saturated heterocycles. The summed E-state index contributed by atoms with van der Waals surface area (Å²) in [5.74, 6) is 0.205. The number of amides is 2. The number of fused-ring (bicyclic) bond motifs is 1. The summed E-state index contributed by atoms with van der Waals surface area (Å²) in [7, 11) is 3.25. The summed E-state index contributed by atoms with van der Waals surface area (Å²) in [5, 5.41) is 3.34. The van der Waals surface area contributed by atoms with Crippen LogP contribution in [0.2, 0.25) is 10.0 Å². The first-order chi connectivity index (χ1) is 12.4. The van der Waals surface area contributed by atoms with Crippen molar-refractivity contribution >= 4 is 40.7 Å². The van der Waals surface area contributed by atoms with Gasteiger partial charge in [0, 0.05) is 25.3 Å². The summed E-state index contributed by atoms with van der Waals surface area (Å²) in [5.41, 5.74) is 1.06. The van der Waals surface area contributed by atoms with E-state index in [9.17, 15) is 9.59 Å². The Morgan fingerprint density at radius 3 is 2.50 bits per heavy atom. The maximum atomic E-state index is 12.6. The molecule has 136 valence electrons. The minimum Gasteiger partial charge on any atom is -0.486 e. The third-order valence-electron chi connectivity index (χ3n) is 3.72. The lowest BCUT2D eigenvalue weighted by atomic mass is 10.1. The largest absolute Gasteiger partial charge is 0.486 e. The minimum absolute atomic E-state index is 0.256. The Morgan fingerprint density at radius 2 is 1.77 bits per heavy atom. The molecule has 6 nitrogen and oxygen atoms in total. The molecular weight excluding hydrogens is 379 g/mol. The predicted octanol–water partition coefficient (Wildman–Crippen LogP) is 3.72. The van der Waals surface area contributed by atoms with Crippen molar-refractivity contribution in [2.24, 2.45) is 0 Å². The monoisotopic (exact) mass is 394 g/mol. The van der Waals surface area contributed by atoms with E-state index in [4.69, 9.17) is 32.7 Å². The third kappa shape index (κ3) is 3.71. The molecule has 0 spiro atoms. The van der Waals surface area contributed by atoms with Gasteiger partial charge in [0.15, 0.2) is 11.5 Å². The van der Waals surface area contributed by atoms with Gasteiger partial charge in [0.2, 0.25) is 0 Å². The summed E-state index contributed by atoms with van der Waals surface area (Å²) in [4.78, 5) is 26.1. The molecule has 2 amide bonds. The summed E-state index contributed by atoms with van der Waals surface area (Å²) < 4.78 is 10.9. The Hall–Kier alpha value is -2.44. The van der Waals surface area contributed by atoms with Crippen LogP contribution in [0.5, 0.6) is 11.5 Å². The van der Waals surface area contributed by atoms with E-state index in [1.165, 1.54) is 17.0 Å². The van der Waals surface area contributed by atoms with Crippen LogP contribution in [0.3, 0.4) is 0 Å². The highest BCUT2D eigenvalue weighted by molar-refractivity contribution is 6.34. The molecule has 2 aromatic rings. The van der Waals surface area contributed by atoms with E-state index in [2.05, 4.69) is 5.32 Å². The molecule has 3 rings (SSSR count). The van der Waals surface area contributed by atoms with Crippen LogP contribution in [0.4, 0.5) is 5.69 Å². The zero-order chi connectivity index (χ0) is 18.8. The molecule has 8 heteroatoms. The Morgan fingerprint density at radius 1 is 1.04 bits per heavy atom. The fourth-order valence-electron chi connectivity index (χ4n) is 2.45. The average Bonchev–Trinajstić information content (AvgIpc) is 2.62. The van der Waals surface area contributed by atoms with E-state index in [0.29, 0.717) is 51.6 Å². The van der Waals surface area contributed by atoms with Crippen LogP contribution >= 0.6 is 23.2 Å². The number of hydrogen-bond acceptors (Lipinski definition) is 4. The molecule has 0 fully saturated rings. The number of anilines is 1. The number of halogens is 2. The van der Waals surface area contributed by atoms with E-state index in [1.807, 2.05) is 0 Å². The summed E-state index contributed by atoms with van der Waals surface area (Å²) in [6.07, 6.45) is 0. The number of nitrogens with one attached hydrogen (secondary N) is 1. The van der Waals surface area contributed by atoms with Crippen LogP contribution in [-0.4, -0.2) is 44.0 Å². The van der Waals surface area contributed by atoms with Crippen molar-refractivity contribution in [1.29, 1.82) is 0 Å². The molecule has 0 unspecified atom stereocenters. The molecule has 0 bridgehead atoms. The second-order valence-electron chi connectivity index (χ2n) is 5.83. The first-order valence-electron chi connectivity index (χ1n) is 7.78. The Bertz CT molecular complexity index is 884. The Kier molecular flexibility index (Phi) is 5.25. The van der Waals surface area contributed by atoms with Crippen molar-refractivity contribution in [2.45, 2.75) is 0 Å². The van der Waals surface area contributed by atoms with E-state index >= 15 is 0 Å². The first-order valence-corrected chi connectivity index (χ1v) is 8.54. The van der Waals surface area contributed by atoms with Gasteiger partial charge >= 0.3 is 0 Å². The second-order valence-corrected chi connectivity index (χ2v) is 6.64. The smallest absolute Gasteiger partial charge is 0.255 e. The van der Waals surface area contributed by atoms with Gasteiger partial charge in [0.25, 0.3) is 11.8 Å². The number of nitrogens with zero attached hydrogens (tertiary/aromatic N) is 1. The van der Waals surface area contributed by atoms with Crippen LogP contribution in [0.1, 0.15) is 20.7 Å². The van der Waals surface area contributed by atoms with Gasteiger partial charge < -0.3 is 19.7 Å². The van der Waals surface area contributed by atoms with Crippen LogP contribution in [0, 0.1) is 0 Å².